The van der Waals surface area contributed by atoms with Gasteiger partial charge in [0, 0.05) is 42.8 Å². The molecular weight excluding hydrogens is 656 g/mol. The zero-order chi connectivity index (χ0) is 34.5. The van der Waals surface area contributed by atoms with Gasteiger partial charge in [-0.2, -0.15) is 5.26 Å². The molecule has 0 atom stereocenters. The van der Waals surface area contributed by atoms with Crippen molar-refractivity contribution < 1.29 is 14.3 Å². The summed E-state index contributed by atoms with van der Waals surface area (Å²) in [5.74, 6) is 0.707. The zero-order valence-electron chi connectivity index (χ0n) is 27.4. The molecule has 0 bridgehead atoms. The van der Waals surface area contributed by atoms with E-state index in [1.54, 1.807) is 55.5 Å². The van der Waals surface area contributed by atoms with E-state index >= 15 is 0 Å². The van der Waals surface area contributed by atoms with Crippen molar-refractivity contribution in [3.8, 4) is 23.3 Å². The summed E-state index contributed by atoms with van der Waals surface area (Å²) in [7, 11) is 3.11. The fraction of sp³-hybridized carbons (Fsp3) is 0.205. The predicted molar refractivity (Wildman–Crippen MR) is 194 cm³/mol. The molecule has 248 valence electrons. The first kappa shape index (κ1) is 33.7. The second-order valence-corrected chi connectivity index (χ2v) is 13.1. The third kappa shape index (κ3) is 7.03. The van der Waals surface area contributed by atoms with Crippen LogP contribution in [-0.4, -0.2) is 60.7 Å². The monoisotopic (exact) mass is 690 g/mol. The van der Waals surface area contributed by atoms with Gasteiger partial charge in [0.05, 0.1) is 30.5 Å². The number of halogens is 1. The van der Waals surface area contributed by atoms with Crippen molar-refractivity contribution in [2.45, 2.75) is 13.0 Å². The van der Waals surface area contributed by atoms with Gasteiger partial charge in [0.15, 0.2) is 5.57 Å². The Hall–Kier alpha value is -5.14. The smallest absolute Gasteiger partial charge is 0.273 e. The first-order valence-electron chi connectivity index (χ1n) is 15.8. The lowest BCUT2D eigenvalue weighted by atomic mass is 9.96. The van der Waals surface area contributed by atoms with Gasteiger partial charge in [0.25, 0.3) is 11.5 Å². The standard InChI is InChI=1S/C39H35ClN4O4S/c1-26-14-16-30(23-33(26)40)44-38(46)35(22-29-15-17-31(47-2)24-34(29)48-3)49-39(44)32(25-41)37(45)43-20-18-42(19-21-43)36(27-10-6-4-7-11-27)28-12-8-5-9-13-28/h4-17,22-24,36H,18-21H2,1-3H3/b35-22-,39-32-. The van der Waals surface area contributed by atoms with Crippen LogP contribution in [0.1, 0.15) is 28.3 Å². The number of amides is 1. The molecule has 8 nitrogen and oxygen atoms in total. The normalized spacial score (nSPS) is 14.4. The van der Waals surface area contributed by atoms with Crippen LogP contribution in [0, 0.1) is 18.3 Å². The van der Waals surface area contributed by atoms with Gasteiger partial charge in [-0.1, -0.05) is 78.3 Å². The Kier molecular flexibility index (Phi) is 10.3. The van der Waals surface area contributed by atoms with Crippen LogP contribution in [0.4, 0.5) is 0 Å². The first-order chi connectivity index (χ1) is 23.8. The lowest BCUT2D eigenvalue weighted by molar-refractivity contribution is -0.126. The van der Waals surface area contributed by atoms with E-state index in [-0.39, 0.29) is 21.8 Å². The minimum Gasteiger partial charge on any atom is -0.497 e. The molecule has 1 amide bonds. The molecule has 1 aliphatic rings. The number of hydrogen-bond donors (Lipinski definition) is 0. The van der Waals surface area contributed by atoms with Crippen molar-refractivity contribution in [3.05, 3.63) is 144 Å². The lowest BCUT2D eigenvalue weighted by Crippen LogP contribution is -2.50. The van der Waals surface area contributed by atoms with E-state index in [4.69, 9.17) is 21.1 Å². The number of carbonyl (C=O) groups is 1. The summed E-state index contributed by atoms with van der Waals surface area (Å²) in [6, 6.07) is 33.4. The number of methoxy groups -OCH3 is 2. The minimum atomic E-state index is -0.417. The topological polar surface area (TPSA) is 87.8 Å². The van der Waals surface area contributed by atoms with Crippen molar-refractivity contribution in [2.24, 2.45) is 0 Å². The molecule has 0 saturated carbocycles. The largest absolute Gasteiger partial charge is 0.497 e. The van der Waals surface area contributed by atoms with Crippen molar-refractivity contribution >= 4 is 40.5 Å². The van der Waals surface area contributed by atoms with Gasteiger partial charge in [-0.15, -0.1) is 11.3 Å². The molecule has 1 aromatic heterocycles. The number of piperazine rings is 1. The van der Waals surface area contributed by atoms with E-state index in [9.17, 15) is 14.9 Å². The molecule has 0 radical (unpaired) electrons. The van der Waals surface area contributed by atoms with Gasteiger partial charge in [-0.05, 0) is 54.0 Å². The number of aryl methyl sites for hydroxylation is 1. The van der Waals surface area contributed by atoms with E-state index in [2.05, 4.69) is 35.2 Å². The molecule has 6 rings (SSSR count). The number of thiazole rings is 1. The van der Waals surface area contributed by atoms with Gasteiger partial charge in [-0.25, -0.2) is 0 Å². The van der Waals surface area contributed by atoms with E-state index < -0.39 is 5.91 Å². The quantitative estimate of drug-likeness (QED) is 0.219. The van der Waals surface area contributed by atoms with Crippen LogP contribution in [0.15, 0.2) is 102 Å². The molecule has 1 fully saturated rings. The molecule has 0 aliphatic carbocycles. The second-order valence-electron chi connectivity index (χ2n) is 11.6. The molecule has 5 aromatic rings. The molecule has 49 heavy (non-hydrogen) atoms. The van der Waals surface area contributed by atoms with Crippen molar-refractivity contribution in [1.29, 1.82) is 5.26 Å². The molecule has 0 spiro atoms. The van der Waals surface area contributed by atoms with Gasteiger partial charge in [0.1, 0.15) is 22.2 Å². The first-order valence-corrected chi connectivity index (χ1v) is 17.0. The average molecular weight is 691 g/mol. The Morgan fingerprint density at radius 3 is 2.12 bits per heavy atom. The summed E-state index contributed by atoms with van der Waals surface area (Å²) in [5.41, 5.74) is 3.83. The van der Waals surface area contributed by atoms with Crippen molar-refractivity contribution in [2.75, 3.05) is 40.4 Å². The maximum absolute atomic E-state index is 14.2. The van der Waals surface area contributed by atoms with Crippen LogP contribution in [0.3, 0.4) is 0 Å². The van der Waals surface area contributed by atoms with Gasteiger partial charge in [-0.3, -0.25) is 19.1 Å². The number of rotatable bonds is 8. The van der Waals surface area contributed by atoms with Gasteiger partial charge in [0.2, 0.25) is 0 Å². The van der Waals surface area contributed by atoms with E-state index in [0.717, 1.165) is 16.9 Å². The third-order valence-corrected chi connectivity index (χ3v) is 10.2. The molecule has 10 heteroatoms. The SMILES string of the molecule is COc1ccc(/C=c2\s/c(=C(/C#N)C(=O)N3CCN(C(c4ccccc4)c4ccccc4)CC3)n(-c3ccc(C)c(Cl)c3)c2=O)c(OC)c1. The fourth-order valence-corrected chi connectivity index (χ4v) is 7.36. The number of hydrogen-bond acceptors (Lipinski definition) is 7. The average Bonchev–Trinajstić information content (AvgIpc) is 3.45. The van der Waals surface area contributed by atoms with Crippen LogP contribution in [0.25, 0.3) is 17.3 Å². The lowest BCUT2D eigenvalue weighted by Gasteiger charge is -2.39. The third-order valence-electron chi connectivity index (χ3n) is 8.70. The number of ether oxygens (including phenoxy) is 2. The van der Waals surface area contributed by atoms with E-state index in [1.165, 1.54) is 15.7 Å². The van der Waals surface area contributed by atoms with Crippen LogP contribution in [0.5, 0.6) is 11.5 Å². The highest BCUT2D eigenvalue weighted by atomic mass is 35.5. The maximum atomic E-state index is 14.2. The summed E-state index contributed by atoms with van der Waals surface area (Å²) in [5, 5.41) is 11.0. The molecule has 1 aliphatic heterocycles. The Bertz CT molecular complexity index is 2160. The number of nitrogens with zero attached hydrogens (tertiary/aromatic N) is 4. The molecule has 0 unspecified atom stereocenters. The number of nitriles is 1. The van der Waals surface area contributed by atoms with Crippen molar-refractivity contribution in [3.63, 3.8) is 0 Å². The predicted octanol–water partition coefficient (Wildman–Crippen LogP) is 5.31. The summed E-state index contributed by atoms with van der Waals surface area (Å²) < 4.78 is 12.9. The Balaban J connectivity index is 1.40. The molecule has 1 saturated heterocycles. The summed E-state index contributed by atoms with van der Waals surface area (Å²) in [6.45, 7) is 3.94. The molecule has 0 N–H and O–H groups in total. The van der Waals surface area contributed by atoms with E-state index in [1.807, 2.05) is 49.4 Å². The van der Waals surface area contributed by atoms with E-state index in [0.29, 0.717) is 58.5 Å². The van der Waals surface area contributed by atoms with Crippen LogP contribution in [0.2, 0.25) is 5.02 Å². The highest BCUT2D eigenvalue weighted by Gasteiger charge is 2.30. The summed E-state index contributed by atoms with van der Waals surface area (Å²) in [6.07, 6.45) is 1.70. The summed E-state index contributed by atoms with van der Waals surface area (Å²) >= 11 is 7.59. The summed E-state index contributed by atoms with van der Waals surface area (Å²) in [4.78, 5) is 32.3. The molecule has 4 aromatic carbocycles. The highest BCUT2D eigenvalue weighted by molar-refractivity contribution is 7.07. The number of aromatic nitrogens is 1. The zero-order valence-corrected chi connectivity index (χ0v) is 29.0. The second kappa shape index (κ2) is 15.0. The fourth-order valence-electron chi connectivity index (χ4n) is 6.10. The number of carbonyl (C=O) groups excluding carboxylic acids is 1. The number of benzene rings is 4. The van der Waals surface area contributed by atoms with Gasteiger partial charge < -0.3 is 14.4 Å². The Labute approximate surface area is 293 Å². The highest BCUT2D eigenvalue weighted by Crippen LogP contribution is 2.30. The van der Waals surface area contributed by atoms with Gasteiger partial charge >= 0.3 is 0 Å². The minimum absolute atomic E-state index is 0.0286. The Morgan fingerprint density at radius 2 is 1.55 bits per heavy atom. The molecule has 2 heterocycles. The maximum Gasteiger partial charge on any atom is 0.273 e. The van der Waals surface area contributed by atoms with Crippen LogP contribution in [-0.2, 0) is 4.79 Å². The Morgan fingerprint density at radius 1 is 0.898 bits per heavy atom. The van der Waals surface area contributed by atoms with Crippen molar-refractivity contribution in [1.82, 2.24) is 14.4 Å². The van der Waals surface area contributed by atoms with Crippen LogP contribution >= 0.6 is 22.9 Å². The molecular formula is C39H35ClN4O4S. The van der Waals surface area contributed by atoms with Crippen LogP contribution < -0.4 is 24.2 Å².